The van der Waals surface area contributed by atoms with Gasteiger partial charge in [-0.15, -0.1) is 0 Å². The van der Waals surface area contributed by atoms with Gasteiger partial charge in [-0.1, -0.05) is 12.1 Å². The van der Waals surface area contributed by atoms with Crippen molar-refractivity contribution in [1.82, 2.24) is 14.7 Å². The van der Waals surface area contributed by atoms with Crippen molar-refractivity contribution in [2.24, 2.45) is 0 Å². The number of nitrogens with zero attached hydrogens (tertiary/aromatic N) is 3. The lowest BCUT2D eigenvalue weighted by Crippen LogP contribution is -2.51. The van der Waals surface area contributed by atoms with Gasteiger partial charge >= 0.3 is 0 Å². The van der Waals surface area contributed by atoms with Crippen LogP contribution in [0.5, 0.6) is 11.5 Å². The number of methoxy groups -OCH3 is 1. The van der Waals surface area contributed by atoms with E-state index in [0.29, 0.717) is 61.4 Å². The Hall–Kier alpha value is -4.21. The number of likely N-dealkylation sites (tertiary alicyclic amines) is 2. The van der Waals surface area contributed by atoms with Crippen LogP contribution in [0.25, 0.3) is 0 Å². The first kappa shape index (κ1) is 26.4. The average Bonchev–Trinajstić information content (AvgIpc) is 3.70. The largest absolute Gasteiger partial charge is 0.497 e. The number of ketones is 1. The van der Waals surface area contributed by atoms with Gasteiger partial charge in [0.1, 0.15) is 24.1 Å². The van der Waals surface area contributed by atoms with E-state index in [0.717, 1.165) is 4.90 Å². The minimum Gasteiger partial charge on any atom is -0.497 e. The molecule has 2 aromatic rings. The lowest BCUT2D eigenvalue weighted by Gasteiger charge is -2.31. The van der Waals surface area contributed by atoms with Crippen LogP contribution in [0.15, 0.2) is 48.5 Å². The van der Waals surface area contributed by atoms with E-state index in [2.05, 4.69) is 0 Å². The molecule has 10 nitrogen and oxygen atoms in total. The van der Waals surface area contributed by atoms with E-state index in [-0.39, 0.29) is 37.2 Å². The molecule has 0 radical (unpaired) electrons. The molecule has 204 valence electrons. The number of imide groups is 1. The summed E-state index contributed by atoms with van der Waals surface area (Å²) in [5, 5.41) is 0. The second kappa shape index (κ2) is 11.3. The number of ether oxygens (including phenoxy) is 2. The number of carbonyl (C=O) groups is 5. The van der Waals surface area contributed by atoms with E-state index in [1.165, 1.54) is 4.90 Å². The molecule has 2 atom stereocenters. The predicted molar refractivity (Wildman–Crippen MR) is 139 cm³/mol. The van der Waals surface area contributed by atoms with Crippen molar-refractivity contribution in [3.63, 3.8) is 0 Å². The summed E-state index contributed by atoms with van der Waals surface area (Å²) in [5.74, 6) is -0.306. The van der Waals surface area contributed by atoms with E-state index in [4.69, 9.17) is 9.47 Å². The number of Topliss-reactive ketones (excluding diaryl/α,β-unsaturated/α-hetero) is 1. The smallest absolute Gasteiger partial charge is 0.261 e. The van der Waals surface area contributed by atoms with Gasteiger partial charge < -0.3 is 19.3 Å². The van der Waals surface area contributed by atoms with Crippen LogP contribution in [-0.4, -0.2) is 89.5 Å². The summed E-state index contributed by atoms with van der Waals surface area (Å²) >= 11 is 0. The maximum Gasteiger partial charge on any atom is 0.261 e. The summed E-state index contributed by atoms with van der Waals surface area (Å²) in [6.45, 7) is 0.667. The van der Waals surface area contributed by atoms with Gasteiger partial charge in [-0.2, -0.15) is 0 Å². The Balaban J connectivity index is 1.17. The molecule has 0 N–H and O–H groups in total. The molecule has 2 saturated heterocycles. The summed E-state index contributed by atoms with van der Waals surface area (Å²) in [6, 6.07) is 12.3. The quantitative estimate of drug-likeness (QED) is 0.455. The maximum atomic E-state index is 13.5. The Kier molecular flexibility index (Phi) is 7.63. The summed E-state index contributed by atoms with van der Waals surface area (Å²) in [5.41, 5.74) is 0.676. The summed E-state index contributed by atoms with van der Waals surface area (Å²) in [7, 11) is 1.57. The fourth-order valence-electron chi connectivity index (χ4n) is 5.59. The highest BCUT2D eigenvalue weighted by molar-refractivity contribution is 6.21. The van der Waals surface area contributed by atoms with Gasteiger partial charge in [0.15, 0.2) is 5.78 Å². The second-order valence-corrected chi connectivity index (χ2v) is 9.92. The first-order valence-corrected chi connectivity index (χ1v) is 13.2. The SMILES string of the molecule is COc1ccc(OCC(=O)[C@@H]2CCCN2C(=O)[C@@H]2CCCN2C(=O)CCN2C(=O)c3ccccc3C2=O)cc1. The first-order chi connectivity index (χ1) is 18.9. The molecular weight excluding hydrogens is 502 g/mol. The molecule has 0 bridgehead atoms. The lowest BCUT2D eigenvalue weighted by molar-refractivity contribution is -0.146. The highest BCUT2D eigenvalue weighted by atomic mass is 16.5. The molecule has 10 heteroatoms. The summed E-state index contributed by atoms with van der Waals surface area (Å²) in [6.07, 6.45) is 2.37. The molecule has 0 aliphatic carbocycles. The van der Waals surface area contributed by atoms with E-state index >= 15 is 0 Å². The maximum absolute atomic E-state index is 13.5. The Labute approximate surface area is 226 Å². The van der Waals surface area contributed by atoms with Gasteiger partial charge in [-0.3, -0.25) is 28.9 Å². The summed E-state index contributed by atoms with van der Waals surface area (Å²) in [4.78, 5) is 69.2. The topological polar surface area (TPSA) is 114 Å². The van der Waals surface area contributed by atoms with Gasteiger partial charge in [-0.25, -0.2) is 0 Å². The number of hydrogen-bond donors (Lipinski definition) is 0. The van der Waals surface area contributed by atoms with Gasteiger partial charge in [0.25, 0.3) is 11.8 Å². The molecule has 5 rings (SSSR count). The molecular formula is C29H31N3O7. The molecule has 4 amide bonds. The molecule has 0 saturated carbocycles. The monoisotopic (exact) mass is 533 g/mol. The Morgan fingerprint density at radius 1 is 0.821 bits per heavy atom. The van der Waals surface area contributed by atoms with Gasteiger partial charge in [0.2, 0.25) is 11.8 Å². The minimum atomic E-state index is -0.657. The highest BCUT2D eigenvalue weighted by Crippen LogP contribution is 2.27. The normalized spacial score (nSPS) is 20.4. The van der Waals surface area contributed by atoms with E-state index in [1.807, 2.05) is 0 Å². The zero-order valence-corrected chi connectivity index (χ0v) is 21.8. The van der Waals surface area contributed by atoms with Crippen molar-refractivity contribution >= 4 is 29.4 Å². The molecule has 39 heavy (non-hydrogen) atoms. The van der Waals surface area contributed by atoms with Crippen LogP contribution in [0.4, 0.5) is 0 Å². The van der Waals surface area contributed by atoms with Crippen LogP contribution in [0.1, 0.15) is 52.8 Å². The number of amides is 4. The van der Waals surface area contributed by atoms with Gasteiger partial charge in [0.05, 0.1) is 24.3 Å². The number of carbonyl (C=O) groups excluding carboxylic acids is 5. The second-order valence-electron chi connectivity index (χ2n) is 9.92. The average molecular weight is 534 g/mol. The third kappa shape index (κ3) is 5.23. The third-order valence-corrected chi connectivity index (χ3v) is 7.63. The van der Waals surface area contributed by atoms with Gasteiger partial charge in [0, 0.05) is 26.1 Å². The van der Waals surface area contributed by atoms with Crippen molar-refractivity contribution in [3.05, 3.63) is 59.7 Å². The van der Waals surface area contributed by atoms with Crippen LogP contribution in [-0.2, 0) is 14.4 Å². The van der Waals surface area contributed by atoms with E-state index < -0.39 is 23.9 Å². The van der Waals surface area contributed by atoms with Crippen molar-refractivity contribution in [1.29, 1.82) is 0 Å². The molecule has 0 unspecified atom stereocenters. The van der Waals surface area contributed by atoms with Gasteiger partial charge in [-0.05, 0) is 62.1 Å². The van der Waals surface area contributed by atoms with Crippen molar-refractivity contribution < 1.29 is 33.4 Å². The first-order valence-electron chi connectivity index (χ1n) is 13.2. The number of hydrogen-bond acceptors (Lipinski definition) is 7. The molecule has 2 fully saturated rings. The molecule has 0 aromatic heterocycles. The molecule has 3 aliphatic heterocycles. The fourth-order valence-corrected chi connectivity index (χ4v) is 5.59. The zero-order chi connectivity index (χ0) is 27.5. The van der Waals surface area contributed by atoms with Crippen LogP contribution in [0.2, 0.25) is 0 Å². The number of rotatable bonds is 9. The van der Waals surface area contributed by atoms with Crippen LogP contribution in [0, 0.1) is 0 Å². The molecule has 3 aliphatic rings. The number of benzene rings is 2. The summed E-state index contributed by atoms with van der Waals surface area (Å²) < 4.78 is 10.8. The Bertz CT molecular complexity index is 1260. The highest BCUT2D eigenvalue weighted by Gasteiger charge is 2.42. The van der Waals surface area contributed by atoms with Crippen LogP contribution < -0.4 is 9.47 Å². The Morgan fingerprint density at radius 2 is 1.41 bits per heavy atom. The fraction of sp³-hybridized carbons (Fsp3) is 0.414. The standard InChI is InChI=1S/C29H31N3O7/c1-38-19-10-12-20(13-11-19)39-18-25(33)23-8-4-16-31(23)29(37)24-9-5-15-30(24)26(34)14-17-32-27(35)21-6-2-3-7-22(21)28(32)36/h2-3,6-7,10-13,23-24H,4-5,8-9,14-18H2,1H3/t23-,24-/m0/s1. The molecule has 2 aromatic carbocycles. The minimum absolute atomic E-state index is 0.0455. The predicted octanol–water partition coefficient (Wildman–Crippen LogP) is 2.31. The molecule has 0 spiro atoms. The van der Waals surface area contributed by atoms with Crippen molar-refractivity contribution in [2.45, 2.75) is 44.2 Å². The third-order valence-electron chi connectivity index (χ3n) is 7.63. The Morgan fingerprint density at radius 3 is 2.05 bits per heavy atom. The zero-order valence-electron chi connectivity index (χ0n) is 21.8. The van der Waals surface area contributed by atoms with Crippen LogP contribution in [0.3, 0.4) is 0 Å². The van der Waals surface area contributed by atoms with E-state index in [9.17, 15) is 24.0 Å². The van der Waals surface area contributed by atoms with Crippen molar-refractivity contribution in [2.75, 3.05) is 33.4 Å². The van der Waals surface area contributed by atoms with Crippen LogP contribution >= 0.6 is 0 Å². The lowest BCUT2D eigenvalue weighted by atomic mass is 10.1. The van der Waals surface area contributed by atoms with Crippen molar-refractivity contribution in [3.8, 4) is 11.5 Å². The number of fused-ring (bicyclic) bond motifs is 1. The van der Waals surface area contributed by atoms with E-state index in [1.54, 1.807) is 60.5 Å². The molecule has 3 heterocycles.